The van der Waals surface area contributed by atoms with Crippen LogP contribution in [0, 0.1) is 12.8 Å². The van der Waals surface area contributed by atoms with Crippen LogP contribution in [0.1, 0.15) is 37.1 Å². The number of aromatic nitrogens is 4. The number of aryl methyl sites for hydroxylation is 3. The Balaban J connectivity index is 1.38. The van der Waals surface area contributed by atoms with E-state index >= 15 is 0 Å². The molecule has 124 valence electrons. The van der Waals surface area contributed by atoms with Gasteiger partial charge in [-0.3, -0.25) is 0 Å². The molecule has 0 N–H and O–H groups in total. The lowest BCUT2D eigenvalue weighted by atomic mass is 9.91. The first-order valence-corrected chi connectivity index (χ1v) is 8.80. The number of tetrazole rings is 1. The van der Waals surface area contributed by atoms with E-state index in [1.54, 1.807) is 0 Å². The van der Waals surface area contributed by atoms with Gasteiger partial charge in [0.15, 0.2) is 0 Å². The highest BCUT2D eigenvalue weighted by molar-refractivity contribution is 5.14. The molecule has 1 aromatic carbocycles. The summed E-state index contributed by atoms with van der Waals surface area (Å²) < 4.78 is 1.90. The molecule has 1 fully saturated rings. The molecule has 2 heterocycles. The Hall–Kier alpha value is -1.75. The lowest BCUT2D eigenvalue weighted by Crippen LogP contribution is -2.36. The summed E-state index contributed by atoms with van der Waals surface area (Å²) in [6.45, 7) is 6.53. The van der Waals surface area contributed by atoms with Crippen molar-refractivity contribution < 1.29 is 0 Å². The zero-order valence-electron chi connectivity index (χ0n) is 14.1. The number of hydrogen-bond donors (Lipinski definition) is 0. The molecule has 1 aliphatic rings. The topological polar surface area (TPSA) is 46.8 Å². The van der Waals surface area contributed by atoms with Crippen LogP contribution in [0.3, 0.4) is 0 Å². The molecule has 0 radical (unpaired) electrons. The molecule has 1 aliphatic heterocycles. The quantitative estimate of drug-likeness (QED) is 0.788. The molecule has 23 heavy (non-hydrogen) atoms. The van der Waals surface area contributed by atoms with Crippen LogP contribution in [-0.4, -0.2) is 44.7 Å². The molecule has 2 aromatic rings. The number of benzene rings is 1. The Morgan fingerprint density at radius 3 is 2.83 bits per heavy atom. The normalized spacial score (nSPS) is 19.1. The van der Waals surface area contributed by atoms with Crippen molar-refractivity contribution in [3.05, 3.63) is 41.7 Å². The van der Waals surface area contributed by atoms with Crippen molar-refractivity contribution in [2.75, 3.05) is 19.6 Å². The van der Waals surface area contributed by atoms with Crippen molar-refractivity contribution in [1.82, 2.24) is 25.1 Å². The maximum absolute atomic E-state index is 4.01. The molecule has 1 saturated heterocycles. The molecule has 0 aliphatic carbocycles. The van der Waals surface area contributed by atoms with E-state index < -0.39 is 0 Å². The molecule has 0 spiro atoms. The van der Waals surface area contributed by atoms with Gasteiger partial charge in [0, 0.05) is 13.1 Å². The Kier molecular flexibility index (Phi) is 5.75. The smallest absolute Gasteiger partial charge is 0.148 e. The van der Waals surface area contributed by atoms with Gasteiger partial charge in [-0.2, -0.15) is 0 Å². The first-order valence-electron chi connectivity index (χ1n) is 8.80. The molecule has 3 rings (SSSR count). The summed E-state index contributed by atoms with van der Waals surface area (Å²) in [7, 11) is 0. The summed E-state index contributed by atoms with van der Waals surface area (Å²) in [5, 5.41) is 11.7. The highest BCUT2D eigenvalue weighted by atomic mass is 15.5. The summed E-state index contributed by atoms with van der Waals surface area (Å²) >= 11 is 0. The van der Waals surface area contributed by atoms with Gasteiger partial charge in [0.2, 0.25) is 0 Å². The lowest BCUT2D eigenvalue weighted by Gasteiger charge is -2.32. The molecule has 0 saturated carbocycles. The van der Waals surface area contributed by atoms with Crippen LogP contribution in [0.25, 0.3) is 0 Å². The van der Waals surface area contributed by atoms with Crippen LogP contribution in [0.4, 0.5) is 0 Å². The zero-order valence-corrected chi connectivity index (χ0v) is 14.1. The molecule has 0 unspecified atom stereocenters. The zero-order chi connectivity index (χ0) is 15.9. The number of hydrogen-bond acceptors (Lipinski definition) is 4. The van der Waals surface area contributed by atoms with Gasteiger partial charge in [0.25, 0.3) is 0 Å². The van der Waals surface area contributed by atoms with Gasteiger partial charge >= 0.3 is 0 Å². The van der Waals surface area contributed by atoms with E-state index in [9.17, 15) is 0 Å². The van der Waals surface area contributed by atoms with Gasteiger partial charge in [-0.15, -0.1) is 5.10 Å². The molecule has 5 heteroatoms. The lowest BCUT2D eigenvalue weighted by molar-refractivity contribution is 0.164. The van der Waals surface area contributed by atoms with Gasteiger partial charge in [-0.05, 0) is 74.0 Å². The highest BCUT2D eigenvalue weighted by Gasteiger charge is 2.19. The number of rotatable bonds is 7. The number of nitrogens with zero attached hydrogens (tertiary/aromatic N) is 5. The summed E-state index contributed by atoms with van der Waals surface area (Å²) in [5.41, 5.74) is 1.47. The third kappa shape index (κ3) is 4.86. The average molecular weight is 313 g/mol. The average Bonchev–Trinajstić information content (AvgIpc) is 3.00. The van der Waals surface area contributed by atoms with Crippen LogP contribution < -0.4 is 0 Å². The van der Waals surface area contributed by atoms with Crippen molar-refractivity contribution in [3.63, 3.8) is 0 Å². The molecule has 1 aromatic heterocycles. The van der Waals surface area contributed by atoms with Crippen molar-refractivity contribution in [3.8, 4) is 0 Å². The van der Waals surface area contributed by atoms with E-state index in [1.165, 1.54) is 44.3 Å². The molecule has 0 amide bonds. The largest absolute Gasteiger partial charge is 0.303 e. The predicted octanol–water partition coefficient (Wildman–Crippen LogP) is 2.72. The molecular formula is C18H27N5. The van der Waals surface area contributed by atoms with E-state index in [2.05, 4.69) is 50.8 Å². The fraction of sp³-hybridized carbons (Fsp3) is 0.611. The van der Waals surface area contributed by atoms with Crippen molar-refractivity contribution in [2.45, 2.75) is 45.6 Å². The SMILES string of the molecule is Cc1nnnn1CCCN1CCC[C@@H](CCc2ccccc2)C1. The van der Waals surface area contributed by atoms with Crippen molar-refractivity contribution in [2.24, 2.45) is 5.92 Å². The minimum atomic E-state index is 0.846. The monoisotopic (exact) mass is 313 g/mol. The third-order valence-electron chi connectivity index (χ3n) is 4.84. The minimum absolute atomic E-state index is 0.846. The van der Waals surface area contributed by atoms with E-state index in [1.807, 2.05) is 11.6 Å². The maximum atomic E-state index is 4.01. The van der Waals surface area contributed by atoms with Gasteiger partial charge in [-0.25, -0.2) is 4.68 Å². The first kappa shape index (κ1) is 16.1. The van der Waals surface area contributed by atoms with Gasteiger partial charge in [0.1, 0.15) is 5.82 Å². The molecule has 0 bridgehead atoms. The Labute approximate surface area is 138 Å². The molecule has 1 atom stereocenters. The van der Waals surface area contributed by atoms with E-state index in [4.69, 9.17) is 0 Å². The van der Waals surface area contributed by atoms with E-state index in [-0.39, 0.29) is 0 Å². The van der Waals surface area contributed by atoms with E-state index in [0.29, 0.717) is 0 Å². The Morgan fingerprint density at radius 1 is 1.17 bits per heavy atom. The minimum Gasteiger partial charge on any atom is -0.303 e. The third-order valence-corrected chi connectivity index (χ3v) is 4.84. The fourth-order valence-corrected chi connectivity index (χ4v) is 3.51. The van der Waals surface area contributed by atoms with Crippen molar-refractivity contribution in [1.29, 1.82) is 0 Å². The summed E-state index contributed by atoms with van der Waals surface area (Å²) in [4.78, 5) is 2.62. The summed E-state index contributed by atoms with van der Waals surface area (Å²) in [6.07, 6.45) is 6.37. The van der Waals surface area contributed by atoms with Gasteiger partial charge in [0.05, 0.1) is 0 Å². The Bertz CT molecular complexity index is 580. The van der Waals surface area contributed by atoms with Crippen LogP contribution in [-0.2, 0) is 13.0 Å². The maximum Gasteiger partial charge on any atom is 0.148 e. The van der Waals surface area contributed by atoms with Gasteiger partial charge < -0.3 is 4.90 Å². The first-order chi connectivity index (χ1) is 11.3. The van der Waals surface area contributed by atoms with E-state index in [0.717, 1.165) is 31.3 Å². The summed E-state index contributed by atoms with van der Waals surface area (Å²) in [6, 6.07) is 10.9. The Morgan fingerprint density at radius 2 is 2.04 bits per heavy atom. The second-order valence-corrected chi connectivity index (χ2v) is 6.64. The number of likely N-dealkylation sites (tertiary alicyclic amines) is 1. The molecule has 5 nitrogen and oxygen atoms in total. The van der Waals surface area contributed by atoms with Crippen LogP contribution in [0.2, 0.25) is 0 Å². The predicted molar refractivity (Wildman–Crippen MR) is 91.1 cm³/mol. The van der Waals surface area contributed by atoms with Gasteiger partial charge in [-0.1, -0.05) is 30.3 Å². The number of piperidine rings is 1. The molecular weight excluding hydrogens is 286 g/mol. The van der Waals surface area contributed by atoms with Crippen molar-refractivity contribution >= 4 is 0 Å². The summed E-state index contributed by atoms with van der Waals surface area (Å²) in [5.74, 6) is 1.75. The van der Waals surface area contributed by atoms with Crippen LogP contribution in [0.5, 0.6) is 0 Å². The van der Waals surface area contributed by atoms with Crippen LogP contribution >= 0.6 is 0 Å². The highest BCUT2D eigenvalue weighted by Crippen LogP contribution is 2.21. The fourth-order valence-electron chi connectivity index (χ4n) is 3.51. The van der Waals surface area contributed by atoms with Crippen LogP contribution in [0.15, 0.2) is 30.3 Å². The standard InChI is InChI=1S/C18H27N5/c1-16-19-20-21-23(16)14-6-13-22-12-5-9-18(15-22)11-10-17-7-3-2-4-8-17/h2-4,7-8,18H,5-6,9-15H2,1H3/t18-/m0/s1. The second-order valence-electron chi connectivity index (χ2n) is 6.64. The second kappa shape index (κ2) is 8.20.